The van der Waals surface area contributed by atoms with Gasteiger partial charge in [-0.05, 0) is 12.1 Å². The van der Waals surface area contributed by atoms with Gasteiger partial charge >= 0.3 is 0 Å². The van der Waals surface area contributed by atoms with E-state index < -0.39 is 17.6 Å². The van der Waals surface area contributed by atoms with E-state index in [0.717, 1.165) is 0 Å². The van der Waals surface area contributed by atoms with Gasteiger partial charge in [-0.15, -0.1) is 0 Å². The van der Waals surface area contributed by atoms with Crippen molar-refractivity contribution in [2.24, 2.45) is 0 Å². The summed E-state index contributed by atoms with van der Waals surface area (Å²) in [6.07, 6.45) is 0.0912. The lowest BCUT2D eigenvalue weighted by Gasteiger charge is -2.01. The summed E-state index contributed by atoms with van der Waals surface area (Å²) in [5.74, 6) is -2.01. The number of benzene rings is 1. The van der Waals surface area contributed by atoms with Gasteiger partial charge in [-0.2, -0.15) is 0 Å². The highest BCUT2D eigenvalue weighted by Crippen LogP contribution is 1.97. The first kappa shape index (κ1) is 11.1. The lowest BCUT2D eigenvalue weighted by molar-refractivity contribution is -0.137. The van der Waals surface area contributed by atoms with Crippen LogP contribution in [0.25, 0.3) is 0 Å². The van der Waals surface area contributed by atoms with Crippen LogP contribution in [-0.2, 0) is 9.59 Å². The monoisotopic (exact) mass is 205 g/mol. The molecule has 0 aromatic heterocycles. The van der Waals surface area contributed by atoms with Crippen molar-refractivity contribution in [1.82, 2.24) is 5.32 Å². The summed E-state index contributed by atoms with van der Waals surface area (Å²) in [5, 5.41) is 2.02. The number of hydrogen-bond donors (Lipinski definition) is 1. The molecule has 4 heteroatoms. The molecule has 0 unspecified atom stereocenters. The minimum Gasteiger partial charge on any atom is -0.289 e. The molecule has 1 rings (SSSR count). The van der Waals surface area contributed by atoms with Gasteiger partial charge in [0.15, 0.2) is 0 Å². The van der Waals surface area contributed by atoms with Crippen molar-refractivity contribution >= 4 is 17.6 Å². The lowest BCUT2D eigenvalue weighted by Crippen LogP contribution is -2.35. The molecule has 1 N–H and O–H groups in total. The summed E-state index contributed by atoms with van der Waals surface area (Å²) in [6, 6.07) is 8.26. The third-order valence-corrected chi connectivity index (χ3v) is 1.84. The molecule has 0 saturated carbocycles. The van der Waals surface area contributed by atoms with Crippen molar-refractivity contribution in [3.8, 4) is 0 Å². The Bertz CT molecular complexity index is 384. The molecule has 0 heterocycles. The van der Waals surface area contributed by atoms with Crippen LogP contribution in [0, 0.1) is 0 Å². The molecule has 0 saturated heterocycles. The van der Waals surface area contributed by atoms with Crippen molar-refractivity contribution < 1.29 is 14.4 Å². The van der Waals surface area contributed by atoms with Crippen LogP contribution in [0.3, 0.4) is 0 Å². The normalized spacial score (nSPS) is 9.40. The number of nitrogens with one attached hydrogen (secondary N) is 1. The topological polar surface area (TPSA) is 63.2 Å². The Hall–Kier alpha value is -1.97. The van der Waals surface area contributed by atoms with Crippen LogP contribution in [0.4, 0.5) is 0 Å². The summed E-state index contributed by atoms with van der Waals surface area (Å²) >= 11 is 0. The molecule has 0 bridgehead atoms. The molecule has 1 aromatic rings. The van der Waals surface area contributed by atoms with Crippen LogP contribution < -0.4 is 5.32 Å². The minimum atomic E-state index is -0.855. The second-order valence-corrected chi connectivity index (χ2v) is 2.93. The summed E-state index contributed by atoms with van der Waals surface area (Å²) in [6.45, 7) is 1.56. The predicted molar refractivity (Wildman–Crippen MR) is 54.2 cm³/mol. The van der Waals surface area contributed by atoms with E-state index in [9.17, 15) is 14.4 Å². The number of carbonyl (C=O) groups excluding carboxylic acids is 3. The van der Waals surface area contributed by atoms with Crippen LogP contribution in [0.1, 0.15) is 23.7 Å². The van der Waals surface area contributed by atoms with Crippen LogP contribution in [-0.4, -0.2) is 17.6 Å². The molecule has 0 atom stereocenters. The van der Waals surface area contributed by atoms with E-state index in [-0.39, 0.29) is 6.42 Å². The van der Waals surface area contributed by atoms with Crippen molar-refractivity contribution in [3.05, 3.63) is 35.9 Å². The smallest absolute Gasteiger partial charge is 0.289 e. The van der Waals surface area contributed by atoms with Crippen molar-refractivity contribution in [2.75, 3.05) is 0 Å². The number of ketones is 1. The Kier molecular flexibility index (Phi) is 3.74. The number of hydrogen-bond acceptors (Lipinski definition) is 3. The van der Waals surface area contributed by atoms with Crippen LogP contribution in [0.5, 0.6) is 0 Å². The van der Waals surface area contributed by atoms with Crippen LogP contribution in [0.2, 0.25) is 0 Å². The molecule has 1 aromatic carbocycles. The fourth-order valence-corrected chi connectivity index (χ4v) is 0.995. The van der Waals surface area contributed by atoms with Gasteiger partial charge in [0, 0.05) is 12.0 Å². The summed E-state index contributed by atoms with van der Waals surface area (Å²) < 4.78 is 0. The molecule has 4 nitrogen and oxygen atoms in total. The molecular formula is C11H11NO3. The number of amides is 2. The van der Waals surface area contributed by atoms with Gasteiger partial charge in [-0.1, -0.05) is 25.1 Å². The van der Waals surface area contributed by atoms with E-state index in [1.165, 1.54) is 0 Å². The highest BCUT2D eigenvalue weighted by atomic mass is 16.2. The number of rotatable bonds is 3. The largest absolute Gasteiger partial charge is 0.294 e. The van der Waals surface area contributed by atoms with Crippen LogP contribution >= 0.6 is 0 Å². The van der Waals surface area contributed by atoms with Gasteiger partial charge in [-0.25, -0.2) is 0 Å². The first-order chi connectivity index (χ1) is 7.15. The number of carbonyl (C=O) groups is 3. The summed E-state index contributed by atoms with van der Waals surface area (Å²) in [4.78, 5) is 33.4. The molecule has 0 spiro atoms. The fourth-order valence-electron chi connectivity index (χ4n) is 0.995. The van der Waals surface area contributed by atoms with E-state index in [4.69, 9.17) is 0 Å². The Morgan fingerprint density at radius 3 is 2.27 bits per heavy atom. The molecule has 0 aliphatic heterocycles. The van der Waals surface area contributed by atoms with Crippen molar-refractivity contribution in [3.63, 3.8) is 0 Å². The van der Waals surface area contributed by atoms with E-state index in [1.54, 1.807) is 37.3 Å². The van der Waals surface area contributed by atoms with E-state index in [0.29, 0.717) is 5.56 Å². The second-order valence-electron chi connectivity index (χ2n) is 2.93. The summed E-state index contributed by atoms with van der Waals surface area (Å²) in [7, 11) is 0. The number of imide groups is 1. The molecular weight excluding hydrogens is 194 g/mol. The molecule has 0 aliphatic carbocycles. The zero-order valence-electron chi connectivity index (χ0n) is 8.32. The fraction of sp³-hybridized carbons (Fsp3) is 0.182. The molecule has 0 fully saturated rings. The molecule has 0 aliphatic rings. The Labute approximate surface area is 87.3 Å². The highest BCUT2D eigenvalue weighted by Gasteiger charge is 2.15. The SMILES string of the molecule is CCC(=O)C(=O)NC(=O)c1ccccc1. The van der Waals surface area contributed by atoms with E-state index in [2.05, 4.69) is 0 Å². The average molecular weight is 205 g/mol. The van der Waals surface area contributed by atoms with Gasteiger partial charge in [0.2, 0.25) is 5.78 Å². The maximum atomic E-state index is 11.4. The zero-order chi connectivity index (χ0) is 11.3. The van der Waals surface area contributed by atoms with Gasteiger partial charge in [-0.3, -0.25) is 19.7 Å². The van der Waals surface area contributed by atoms with Gasteiger partial charge in [0.25, 0.3) is 11.8 Å². The third-order valence-electron chi connectivity index (χ3n) is 1.84. The molecule has 15 heavy (non-hydrogen) atoms. The standard InChI is InChI=1S/C11H11NO3/c1-2-9(13)11(15)12-10(14)8-6-4-3-5-7-8/h3-7H,2H2,1H3,(H,12,14,15). The first-order valence-corrected chi connectivity index (χ1v) is 4.58. The maximum Gasteiger partial charge on any atom is 0.294 e. The maximum absolute atomic E-state index is 11.4. The summed E-state index contributed by atoms with van der Waals surface area (Å²) in [5.41, 5.74) is 0.356. The lowest BCUT2D eigenvalue weighted by atomic mass is 10.2. The molecule has 0 radical (unpaired) electrons. The predicted octanol–water partition coefficient (Wildman–Crippen LogP) is 0.922. The zero-order valence-corrected chi connectivity index (χ0v) is 8.32. The van der Waals surface area contributed by atoms with Crippen molar-refractivity contribution in [2.45, 2.75) is 13.3 Å². The molecule has 2 amide bonds. The van der Waals surface area contributed by atoms with Gasteiger partial charge in [0.1, 0.15) is 0 Å². The Morgan fingerprint density at radius 1 is 1.13 bits per heavy atom. The highest BCUT2D eigenvalue weighted by molar-refractivity contribution is 6.39. The van der Waals surface area contributed by atoms with E-state index in [1.807, 2.05) is 5.32 Å². The van der Waals surface area contributed by atoms with E-state index >= 15 is 0 Å². The third kappa shape index (κ3) is 3.02. The minimum absolute atomic E-state index is 0.0912. The quantitative estimate of drug-likeness (QED) is 0.746. The van der Waals surface area contributed by atoms with Gasteiger partial charge < -0.3 is 0 Å². The van der Waals surface area contributed by atoms with Gasteiger partial charge in [0.05, 0.1) is 0 Å². The molecule has 78 valence electrons. The average Bonchev–Trinajstić information content (AvgIpc) is 2.29. The Balaban J connectivity index is 2.65. The van der Waals surface area contributed by atoms with Crippen molar-refractivity contribution in [1.29, 1.82) is 0 Å². The first-order valence-electron chi connectivity index (χ1n) is 4.58. The number of Topliss-reactive ketones (excluding diaryl/α,β-unsaturated/α-hetero) is 1. The Morgan fingerprint density at radius 2 is 1.73 bits per heavy atom. The van der Waals surface area contributed by atoms with Crippen LogP contribution in [0.15, 0.2) is 30.3 Å². The second kappa shape index (κ2) is 5.05.